The third-order valence-electron chi connectivity index (χ3n) is 2.05. The number of hydrogen-bond donors (Lipinski definition) is 1. The molecule has 0 saturated heterocycles. The van der Waals surface area contributed by atoms with Gasteiger partial charge in [0.05, 0.1) is 0 Å². The van der Waals surface area contributed by atoms with Crippen LogP contribution in [-0.2, 0) is 13.0 Å². The molecule has 0 atom stereocenters. The van der Waals surface area contributed by atoms with Crippen LogP contribution in [0.4, 0.5) is 4.39 Å². The summed E-state index contributed by atoms with van der Waals surface area (Å²) in [4.78, 5) is 4.08. The Morgan fingerprint density at radius 2 is 2.06 bits per heavy atom. The van der Waals surface area contributed by atoms with Crippen LogP contribution in [0.3, 0.4) is 0 Å². The van der Waals surface area contributed by atoms with Crippen LogP contribution in [0.1, 0.15) is 11.7 Å². The average Bonchev–Trinajstić information content (AvgIpc) is 2.77. The molecule has 0 fully saturated rings. The Bertz CT molecular complexity index is 470. The van der Waals surface area contributed by atoms with Gasteiger partial charge in [-0.1, -0.05) is 5.16 Å². The van der Waals surface area contributed by atoms with Crippen molar-refractivity contribution in [3.8, 4) is 5.75 Å². The van der Waals surface area contributed by atoms with Crippen molar-refractivity contribution in [2.24, 2.45) is 5.73 Å². The predicted molar refractivity (Wildman–Crippen MR) is 57.8 cm³/mol. The molecule has 0 aliphatic rings. The van der Waals surface area contributed by atoms with E-state index in [4.69, 9.17) is 15.0 Å². The largest absolute Gasteiger partial charge is 0.484 e. The number of benzene rings is 1. The molecular weight excluding hydrogens is 225 g/mol. The first-order valence-electron chi connectivity index (χ1n) is 5.18. The summed E-state index contributed by atoms with van der Waals surface area (Å²) in [6, 6.07) is 5.71. The Morgan fingerprint density at radius 1 is 1.29 bits per heavy atom. The topological polar surface area (TPSA) is 74.2 Å². The van der Waals surface area contributed by atoms with Crippen molar-refractivity contribution in [3.05, 3.63) is 41.8 Å². The Hall–Kier alpha value is -1.95. The van der Waals surface area contributed by atoms with Gasteiger partial charge in [-0.3, -0.25) is 0 Å². The van der Waals surface area contributed by atoms with E-state index in [9.17, 15) is 4.39 Å². The summed E-state index contributed by atoms with van der Waals surface area (Å²) in [5.41, 5.74) is 5.36. The van der Waals surface area contributed by atoms with Gasteiger partial charge in [-0.25, -0.2) is 4.39 Å². The molecule has 6 heteroatoms. The van der Waals surface area contributed by atoms with Gasteiger partial charge in [0, 0.05) is 6.42 Å². The molecule has 0 radical (unpaired) electrons. The average molecular weight is 237 g/mol. The molecule has 1 aromatic heterocycles. The van der Waals surface area contributed by atoms with Gasteiger partial charge in [-0.2, -0.15) is 4.98 Å². The second-order valence-electron chi connectivity index (χ2n) is 3.39. The summed E-state index contributed by atoms with van der Waals surface area (Å²) in [5.74, 6) is 1.17. The SMILES string of the molecule is NCCc1noc(COc2ccc(F)cc2)n1. The Balaban J connectivity index is 1.90. The fourth-order valence-electron chi connectivity index (χ4n) is 1.26. The highest BCUT2D eigenvalue weighted by Gasteiger charge is 2.06. The Morgan fingerprint density at radius 3 is 2.76 bits per heavy atom. The van der Waals surface area contributed by atoms with E-state index in [-0.39, 0.29) is 12.4 Å². The minimum atomic E-state index is -0.305. The van der Waals surface area contributed by atoms with Crippen LogP contribution in [0.2, 0.25) is 0 Å². The number of nitrogens with zero attached hydrogens (tertiary/aromatic N) is 2. The van der Waals surface area contributed by atoms with Gasteiger partial charge in [0.1, 0.15) is 11.6 Å². The molecule has 0 saturated carbocycles. The lowest BCUT2D eigenvalue weighted by Crippen LogP contribution is -2.04. The molecule has 1 heterocycles. The van der Waals surface area contributed by atoms with Gasteiger partial charge >= 0.3 is 0 Å². The zero-order valence-electron chi connectivity index (χ0n) is 9.10. The van der Waals surface area contributed by atoms with Crippen LogP contribution in [0.15, 0.2) is 28.8 Å². The standard InChI is InChI=1S/C11H12FN3O2/c12-8-1-3-9(4-2-8)16-7-11-14-10(5-6-13)15-17-11/h1-4H,5-7,13H2. The maximum absolute atomic E-state index is 12.6. The van der Waals surface area contributed by atoms with Crippen molar-refractivity contribution < 1.29 is 13.7 Å². The smallest absolute Gasteiger partial charge is 0.264 e. The molecule has 0 aliphatic heterocycles. The zero-order chi connectivity index (χ0) is 12.1. The first kappa shape index (κ1) is 11.5. The summed E-state index contributed by atoms with van der Waals surface area (Å²) in [7, 11) is 0. The molecule has 90 valence electrons. The van der Waals surface area contributed by atoms with Gasteiger partial charge in [0.2, 0.25) is 0 Å². The molecule has 2 aromatic rings. The Labute approximate surface area is 97.4 Å². The summed E-state index contributed by atoms with van der Waals surface area (Å²) >= 11 is 0. The van der Waals surface area contributed by atoms with Crippen molar-refractivity contribution in [2.75, 3.05) is 6.54 Å². The number of nitrogens with two attached hydrogens (primary N) is 1. The molecule has 0 amide bonds. The highest BCUT2D eigenvalue weighted by Crippen LogP contribution is 2.12. The minimum Gasteiger partial charge on any atom is -0.484 e. The van der Waals surface area contributed by atoms with Crippen LogP contribution in [0, 0.1) is 5.82 Å². The van der Waals surface area contributed by atoms with E-state index in [0.29, 0.717) is 30.4 Å². The first-order valence-corrected chi connectivity index (χ1v) is 5.18. The highest BCUT2D eigenvalue weighted by atomic mass is 19.1. The van der Waals surface area contributed by atoms with Crippen molar-refractivity contribution in [1.82, 2.24) is 10.1 Å². The summed E-state index contributed by atoms with van der Waals surface area (Å²) in [6.45, 7) is 0.626. The lowest BCUT2D eigenvalue weighted by atomic mass is 10.3. The molecule has 0 bridgehead atoms. The molecule has 2 N–H and O–H groups in total. The van der Waals surface area contributed by atoms with E-state index in [1.165, 1.54) is 24.3 Å². The molecule has 0 spiro atoms. The van der Waals surface area contributed by atoms with E-state index in [1.807, 2.05) is 0 Å². The number of halogens is 1. The van der Waals surface area contributed by atoms with Crippen LogP contribution < -0.4 is 10.5 Å². The van der Waals surface area contributed by atoms with E-state index in [1.54, 1.807) is 0 Å². The van der Waals surface area contributed by atoms with Crippen molar-refractivity contribution in [3.63, 3.8) is 0 Å². The summed E-state index contributed by atoms with van der Waals surface area (Å²) in [6.07, 6.45) is 0.569. The molecule has 0 unspecified atom stereocenters. The van der Waals surface area contributed by atoms with Gasteiger partial charge in [0.15, 0.2) is 12.4 Å². The predicted octanol–water partition coefficient (Wildman–Crippen LogP) is 1.29. The quantitative estimate of drug-likeness (QED) is 0.848. The lowest BCUT2D eigenvalue weighted by Gasteiger charge is -2.01. The van der Waals surface area contributed by atoms with Gasteiger partial charge in [0.25, 0.3) is 5.89 Å². The third kappa shape index (κ3) is 3.25. The molecule has 0 aliphatic carbocycles. The van der Waals surface area contributed by atoms with E-state index in [0.717, 1.165) is 0 Å². The second-order valence-corrected chi connectivity index (χ2v) is 3.39. The van der Waals surface area contributed by atoms with E-state index in [2.05, 4.69) is 10.1 Å². The van der Waals surface area contributed by atoms with E-state index >= 15 is 0 Å². The summed E-state index contributed by atoms with van der Waals surface area (Å²) in [5, 5.41) is 3.73. The first-order chi connectivity index (χ1) is 8.28. The fraction of sp³-hybridized carbons (Fsp3) is 0.273. The van der Waals surface area contributed by atoms with Crippen LogP contribution in [0.5, 0.6) is 5.75 Å². The normalized spacial score (nSPS) is 10.5. The number of ether oxygens (including phenoxy) is 1. The lowest BCUT2D eigenvalue weighted by molar-refractivity contribution is 0.242. The van der Waals surface area contributed by atoms with Crippen LogP contribution >= 0.6 is 0 Å². The number of rotatable bonds is 5. The molecule has 17 heavy (non-hydrogen) atoms. The monoisotopic (exact) mass is 237 g/mol. The van der Waals surface area contributed by atoms with Crippen molar-refractivity contribution in [1.29, 1.82) is 0 Å². The van der Waals surface area contributed by atoms with E-state index < -0.39 is 0 Å². The number of aromatic nitrogens is 2. The maximum Gasteiger partial charge on any atom is 0.264 e. The minimum absolute atomic E-state index is 0.156. The molecular formula is C11H12FN3O2. The number of hydrogen-bond acceptors (Lipinski definition) is 5. The fourth-order valence-corrected chi connectivity index (χ4v) is 1.26. The highest BCUT2D eigenvalue weighted by molar-refractivity contribution is 5.22. The van der Waals surface area contributed by atoms with Crippen LogP contribution in [0.25, 0.3) is 0 Å². The van der Waals surface area contributed by atoms with Gasteiger partial charge in [-0.15, -0.1) is 0 Å². The molecule has 5 nitrogen and oxygen atoms in total. The van der Waals surface area contributed by atoms with Gasteiger partial charge < -0.3 is 15.0 Å². The molecule has 2 rings (SSSR count). The summed E-state index contributed by atoms with van der Waals surface area (Å²) < 4.78 is 22.9. The second kappa shape index (κ2) is 5.40. The zero-order valence-corrected chi connectivity index (χ0v) is 9.10. The molecule has 1 aromatic carbocycles. The maximum atomic E-state index is 12.6. The van der Waals surface area contributed by atoms with Crippen LogP contribution in [-0.4, -0.2) is 16.7 Å². The van der Waals surface area contributed by atoms with Gasteiger partial charge in [-0.05, 0) is 30.8 Å². The third-order valence-corrected chi connectivity index (χ3v) is 2.05. The van der Waals surface area contributed by atoms with Crippen molar-refractivity contribution >= 4 is 0 Å². The van der Waals surface area contributed by atoms with Crippen molar-refractivity contribution in [2.45, 2.75) is 13.0 Å². The Kier molecular flexibility index (Phi) is 3.66.